The van der Waals surface area contributed by atoms with Crippen LogP contribution in [0.15, 0.2) is 55.2 Å². The maximum atomic E-state index is 16.5. The molecule has 1 saturated heterocycles. The molecule has 13 heteroatoms. The van der Waals surface area contributed by atoms with E-state index in [-0.39, 0.29) is 18.0 Å². The number of carbonyl (C=O) groups is 1. The molecule has 44 heavy (non-hydrogen) atoms. The monoisotopic (exact) mass is 598 g/mol. The van der Waals surface area contributed by atoms with E-state index in [4.69, 9.17) is 14.2 Å². The predicted molar refractivity (Wildman–Crippen MR) is 161 cm³/mol. The molecule has 2 aliphatic heterocycles. The van der Waals surface area contributed by atoms with Crippen molar-refractivity contribution in [2.75, 3.05) is 36.5 Å². The van der Waals surface area contributed by atoms with Gasteiger partial charge in [-0.3, -0.25) is 4.90 Å². The van der Waals surface area contributed by atoms with Gasteiger partial charge in [-0.25, -0.2) is 28.7 Å². The number of piperazine rings is 1. The number of amides is 1. The Labute approximate surface area is 252 Å². The van der Waals surface area contributed by atoms with Gasteiger partial charge in [0.15, 0.2) is 11.5 Å². The molecular weight excluding hydrogens is 567 g/mol. The van der Waals surface area contributed by atoms with Crippen LogP contribution in [-0.2, 0) is 4.74 Å². The van der Waals surface area contributed by atoms with Crippen molar-refractivity contribution in [1.82, 2.24) is 29.5 Å². The number of hydrogen-bond donors (Lipinski definition) is 1. The first kappa shape index (κ1) is 27.6. The van der Waals surface area contributed by atoms with Crippen molar-refractivity contribution >= 4 is 39.8 Å². The highest BCUT2D eigenvalue weighted by Crippen LogP contribution is 2.42. The van der Waals surface area contributed by atoms with Crippen LogP contribution in [0.25, 0.3) is 16.6 Å². The second-order valence-electron chi connectivity index (χ2n) is 11.9. The Balaban J connectivity index is 1.15. The zero-order valence-corrected chi connectivity index (χ0v) is 24.7. The second-order valence-corrected chi connectivity index (χ2v) is 11.9. The zero-order valence-electron chi connectivity index (χ0n) is 24.7. The smallest absolute Gasteiger partial charge is 0.410 e. The summed E-state index contributed by atoms with van der Waals surface area (Å²) >= 11 is 0. The molecule has 12 nitrogen and oxygen atoms in total. The molecule has 2 aromatic carbocycles. The number of anilines is 3. The number of hydrogen-bond acceptors (Lipinski definition) is 10. The molecule has 0 saturated carbocycles. The largest absolute Gasteiger partial charge is 0.489 e. The van der Waals surface area contributed by atoms with Crippen LogP contribution in [-0.4, -0.2) is 73.4 Å². The van der Waals surface area contributed by atoms with Gasteiger partial charge in [0.25, 0.3) is 0 Å². The van der Waals surface area contributed by atoms with E-state index >= 15 is 4.39 Å². The van der Waals surface area contributed by atoms with Gasteiger partial charge in [0.1, 0.15) is 53.6 Å². The average Bonchev–Trinajstić information content (AvgIpc) is 3.39. The molecule has 1 atom stereocenters. The molecule has 3 aromatic heterocycles. The van der Waals surface area contributed by atoms with Gasteiger partial charge in [0.05, 0.1) is 16.9 Å². The number of nitrogens with zero attached hydrogens (tertiary/aromatic N) is 7. The van der Waals surface area contributed by atoms with Crippen LogP contribution in [0.3, 0.4) is 0 Å². The highest BCUT2D eigenvalue weighted by molar-refractivity contribution is 5.96. The highest BCUT2D eigenvalue weighted by Gasteiger charge is 2.38. The summed E-state index contributed by atoms with van der Waals surface area (Å²) in [6.45, 7) is 8.86. The number of aryl methyl sites for hydroxylation is 1. The molecule has 1 N–H and O–H groups in total. The highest BCUT2D eigenvalue weighted by atomic mass is 19.1. The maximum absolute atomic E-state index is 16.5. The molecule has 7 rings (SSSR count). The van der Waals surface area contributed by atoms with Gasteiger partial charge >= 0.3 is 6.09 Å². The fourth-order valence-corrected chi connectivity index (χ4v) is 5.56. The van der Waals surface area contributed by atoms with E-state index in [1.54, 1.807) is 27.7 Å². The van der Waals surface area contributed by atoms with Gasteiger partial charge in [-0.1, -0.05) is 0 Å². The van der Waals surface area contributed by atoms with Crippen molar-refractivity contribution in [3.05, 3.63) is 66.6 Å². The van der Waals surface area contributed by atoms with E-state index in [9.17, 15) is 4.79 Å². The van der Waals surface area contributed by atoms with Crippen LogP contribution in [0.2, 0.25) is 0 Å². The summed E-state index contributed by atoms with van der Waals surface area (Å²) in [7, 11) is 0. The molecule has 0 unspecified atom stereocenters. The summed E-state index contributed by atoms with van der Waals surface area (Å²) < 4.78 is 35.9. The third-order valence-corrected chi connectivity index (χ3v) is 7.58. The molecule has 2 bridgehead atoms. The Morgan fingerprint density at radius 2 is 1.95 bits per heavy atom. The number of benzene rings is 2. The molecule has 0 aliphatic carbocycles. The fourth-order valence-electron chi connectivity index (χ4n) is 5.56. The third-order valence-electron chi connectivity index (χ3n) is 7.58. The van der Waals surface area contributed by atoms with Gasteiger partial charge in [-0.2, -0.15) is 5.10 Å². The summed E-state index contributed by atoms with van der Waals surface area (Å²) in [6.07, 6.45) is 4.26. The predicted octanol–water partition coefficient (Wildman–Crippen LogP) is 5.47. The number of ether oxygens (including phenoxy) is 3. The minimum Gasteiger partial charge on any atom is -0.489 e. The van der Waals surface area contributed by atoms with Gasteiger partial charge < -0.3 is 24.4 Å². The summed E-state index contributed by atoms with van der Waals surface area (Å²) in [5, 5.41) is 7.62. The van der Waals surface area contributed by atoms with Crippen molar-refractivity contribution in [2.45, 2.75) is 39.3 Å². The molecule has 1 amide bonds. The second kappa shape index (κ2) is 10.5. The van der Waals surface area contributed by atoms with Crippen molar-refractivity contribution in [1.29, 1.82) is 0 Å². The lowest BCUT2D eigenvalue weighted by atomic mass is 10.1. The molecule has 0 radical (unpaired) electrons. The average molecular weight is 599 g/mol. The van der Waals surface area contributed by atoms with Crippen LogP contribution in [0, 0.1) is 12.7 Å². The first-order chi connectivity index (χ1) is 21.1. The lowest BCUT2D eigenvalue weighted by Crippen LogP contribution is -2.57. The molecule has 5 heterocycles. The fraction of sp³-hybridized carbons (Fsp3) is 0.323. The van der Waals surface area contributed by atoms with Crippen LogP contribution in [0.4, 0.5) is 26.4 Å². The number of pyridine rings is 1. The van der Waals surface area contributed by atoms with E-state index in [2.05, 4.69) is 25.4 Å². The molecule has 0 spiro atoms. The van der Waals surface area contributed by atoms with E-state index in [1.165, 1.54) is 12.7 Å². The van der Waals surface area contributed by atoms with Crippen molar-refractivity contribution in [3.63, 3.8) is 0 Å². The van der Waals surface area contributed by atoms with Crippen LogP contribution >= 0.6 is 0 Å². The van der Waals surface area contributed by atoms with Gasteiger partial charge in [0.2, 0.25) is 0 Å². The summed E-state index contributed by atoms with van der Waals surface area (Å²) in [5.41, 5.74) is 2.38. The van der Waals surface area contributed by atoms with E-state index in [0.29, 0.717) is 65.2 Å². The lowest BCUT2D eigenvalue weighted by molar-refractivity contribution is 0.00975. The van der Waals surface area contributed by atoms with Crippen molar-refractivity contribution in [3.8, 4) is 17.2 Å². The molecular formula is C31H31FN8O4. The Morgan fingerprint density at radius 1 is 1.09 bits per heavy atom. The van der Waals surface area contributed by atoms with Crippen molar-refractivity contribution < 1.29 is 23.4 Å². The number of rotatable bonds is 4. The third kappa shape index (κ3) is 5.14. The SMILES string of the molecule is Cc1cc(Nc2ncnc3cc4c(c(F)c23)N2CCN(C(=O)OC(C)(C)C)[C@H](CO4)C2)ccc1Oc1ccn2ncnc2c1. The quantitative estimate of drug-likeness (QED) is 0.285. The molecule has 226 valence electrons. The first-order valence-electron chi connectivity index (χ1n) is 14.3. The van der Waals surface area contributed by atoms with Crippen LogP contribution < -0.4 is 19.7 Å². The normalized spacial score (nSPS) is 16.3. The van der Waals surface area contributed by atoms with Gasteiger partial charge in [-0.15, -0.1) is 0 Å². The Hall–Kier alpha value is -5.20. The first-order valence-corrected chi connectivity index (χ1v) is 14.3. The molecule has 5 aromatic rings. The number of fused-ring (bicyclic) bond motifs is 6. The number of carbonyl (C=O) groups excluding carboxylic acids is 1. The Bertz CT molecular complexity index is 1910. The maximum Gasteiger partial charge on any atom is 0.410 e. The Morgan fingerprint density at radius 3 is 2.77 bits per heavy atom. The van der Waals surface area contributed by atoms with E-state index in [1.807, 2.05) is 56.9 Å². The van der Waals surface area contributed by atoms with Crippen molar-refractivity contribution in [2.24, 2.45) is 0 Å². The minimum atomic E-state index is -0.617. The van der Waals surface area contributed by atoms with E-state index in [0.717, 1.165) is 5.56 Å². The Kier molecular flexibility index (Phi) is 6.60. The molecule has 2 aliphatic rings. The summed E-state index contributed by atoms with van der Waals surface area (Å²) in [4.78, 5) is 29.4. The number of aromatic nitrogens is 5. The minimum absolute atomic E-state index is 0.213. The van der Waals surface area contributed by atoms with E-state index < -0.39 is 17.5 Å². The summed E-state index contributed by atoms with van der Waals surface area (Å²) in [6, 6.07) is 10.7. The van der Waals surface area contributed by atoms with Gasteiger partial charge in [0, 0.05) is 43.7 Å². The molecule has 1 fully saturated rings. The number of nitrogens with one attached hydrogen (secondary N) is 1. The lowest BCUT2D eigenvalue weighted by Gasteiger charge is -2.40. The summed E-state index contributed by atoms with van der Waals surface area (Å²) in [5.74, 6) is 1.53. The van der Waals surface area contributed by atoms with Crippen LogP contribution in [0.5, 0.6) is 17.2 Å². The zero-order chi connectivity index (χ0) is 30.6. The van der Waals surface area contributed by atoms with Crippen LogP contribution in [0.1, 0.15) is 26.3 Å². The van der Waals surface area contributed by atoms with Gasteiger partial charge in [-0.05, 0) is 57.5 Å². The number of halogens is 1. The standard InChI is InChI=1S/C31H31FN8O4/c1-18-11-19(5-6-23(18)43-21-7-8-40-25(12-21)34-17-36-40)37-29-26-22(33-16-35-29)13-24-28(27(26)32)38-9-10-39(20(14-38)15-42-24)30(41)44-31(2,3)4/h5-8,11-13,16-17,20H,9-10,14-15H2,1-4H3,(H,33,35,37)/t20-/m0/s1. The topological polar surface area (TPSA) is 119 Å².